The van der Waals surface area contributed by atoms with E-state index in [1.165, 1.54) is 6.20 Å². The maximum atomic E-state index is 11.8. The lowest BCUT2D eigenvalue weighted by atomic mass is 10.0. The highest BCUT2D eigenvalue weighted by atomic mass is 16.6. The topological polar surface area (TPSA) is 81.5 Å². The second-order valence-corrected chi connectivity index (χ2v) is 5.07. The van der Waals surface area contributed by atoms with Gasteiger partial charge in [-0.15, -0.1) is 0 Å². The van der Waals surface area contributed by atoms with Crippen LogP contribution in [0.5, 0.6) is 0 Å². The van der Waals surface area contributed by atoms with E-state index < -0.39 is 17.0 Å². The lowest BCUT2D eigenvalue weighted by molar-refractivity contribution is -0.436. The molecule has 0 fully saturated rings. The molecule has 1 N–H and O–H groups in total. The summed E-state index contributed by atoms with van der Waals surface area (Å²) in [7, 11) is 0. The number of fused-ring (bicyclic) bond motifs is 1. The van der Waals surface area contributed by atoms with Gasteiger partial charge < -0.3 is 10.1 Å². The number of cyclic esters (lactones) is 1. The first-order valence-corrected chi connectivity index (χ1v) is 7.08. The van der Waals surface area contributed by atoms with Gasteiger partial charge in [-0.05, 0) is 11.6 Å². The maximum Gasteiger partial charge on any atom is 0.339 e. The molecular formula is C17H14N2O4. The molecule has 23 heavy (non-hydrogen) atoms. The minimum atomic E-state index is -0.989. The Morgan fingerprint density at radius 1 is 1.17 bits per heavy atom. The molecule has 6 heteroatoms. The third-order valence-corrected chi connectivity index (χ3v) is 3.57. The molecule has 2 aromatic rings. The Kier molecular flexibility index (Phi) is 4.05. The summed E-state index contributed by atoms with van der Waals surface area (Å²) in [5.74, 6) is -0.540. The Hall–Kier alpha value is -3.15. The van der Waals surface area contributed by atoms with Gasteiger partial charge in [0.05, 0.1) is 16.7 Å². The van der Waals surface area contributed by atoms with Crippen molar-refractivity contribution >= 4 is 5.97 Å². The number of hydrogen-bond acceptors (Lipinski definition) is 5. The molecule has 1 aliphatic rings. The van der Waals surface area contributed by atoms with E-state index in [0.717, 1.165) is 5.56 Å². The van der Waals surface area contributed by atoms with E-state index >= 15 is 0 Å². The summed E-state index contributed by atoms with van der Waals surface area (Å²) in [6.45, 7) is 0.445. The molecule has 3 rings (SSSR count). The lowest BCUT2D eigenvalue weighted by Gasteiger charge is -2.08. The highest BCUT2D eigenvalue weighted by Crippen LogP contribution is 2.35. The van der Waals surface area contributed by atoms with Crippen LogP contribution in [0.2, 0.25) is 0 Å². The van der Waals surface area contributed by atoms with Crippen molar-refractivity contribution in [3.05, 3.63) is 93.3 Å². The second kappa shape index (κ2) is 6.31. The van der Waals surface area contributed by atoms with Crippen LogP contribution in [0.25, 0.3) is 0 Å². The minimum Gasteiger partial charge on any atom is -0.442 e. The molecule has 0 saturated carbocycles. The van der Waals surface area contributed by atoms with Gasteiger partial charge in [0.25, 0.3) is 0 Å². The molecule has 1 heterocycles. The van der Waals surface area contributed by atoms with Crippen LogP contribution in [0.3, 0.4) is 0 Å². The number of carbonyl (C=O) groups excluding carboxylic acids is 1. The number of esters is 1. The largest absolute Gasteiger partial charge is 0.442 e. The van der Waals surface area contributed by atoms with Gasteiger partial charge in [-0.1, -0.05) is 48.5 Å². The van der Waals surface area contributed by atoms with Crippen molar-refractivity contribution in [1.82, 2.24) is 5.32 Å². The van der Waals surface area contributed by atoms with Gasteiger partial charge in [0.2, 0.25) is 6.10 Å². The van der Waals surface area contributed by atoms with Crippen LogP contribution in [0.4, 0.5) is 0 Å². The molecule has 1 aliphatic heterocycles. The van der Waals surface area contributed by atoms with Gasteiger partial charge in [-0.3, -0.25) is 10.1 Å². The zero-order valence-corrected chi connectivity index (χ0v) is 12.1. The smallest absolute Gasteiger partial charge is 0.339 e. The van der Waals surface area contributed by atoms with Crippen molar-refractivity contribution in [3.63, 3.8) is 0 Å². The van der Waals surface area contributed by atoms with E-state index in [0.29, 0.717) is 17.7 Å². The van der Waals surface area contributed by atoms with Gasteiger partial charge in [0, 0.05) is 12.1 Å². The van der Waals surface area contributed by atoms with E-state index in [-0.39, 0.29) is 5.70 Å². The molecule has 0 radical (unpaired) electrons. The number of rotatable bonds is 5. The summed E-state index contributed by atoms with van der Waals surface area (Å²) in [5.41, 5.74) is 1.68. The van der Waals surface area contributed by atoms with Gasteiger partial charge in [0.15, 0.2) is 0 Å². The first kappa shape index (κ1) is 14.8. The van der Waals surface area contributed by atoms with Gasteiger partial charge in [0.1, 0.15) is 0 Å². The average Bonchev–Trinajstić information content (AvgIpc) is 2.89. The molecule has 0 aromatic heterocycles. The number of nitrogens with one attached hydrogen (secondary N) is 1. The summed E-state index contributed by atoms with van der Waals surface area (Å²) >= 11 is 0. The maximum absolute atomic E-state index is 11.8. The minimum absolute atomic E-state index is 0.195. The SMILES string of the molecule is O=C1OC(/C(=C/NCc2ccccc2)[N+](=O)[O-])c2ccccc21. The first-order valence-electron chi connectivity index (χ1n) is 7.08. The number of nitrogens with zero attached hydrogens (tertiary/aromatic N) is 1. The summed E-state index contributed by atoms with van der Waals surface area (Å²) in [6.07, 6.45) is 0.310. The summed E-state index contributed by atoms with van der Waals surface area (Å²) in [6, 6.07) is 16.2. The van der Waals surface area contributed by atoms with Crippen LogP contribution in [-0.4, -0.2) is 10.9 Å². The molecule has 116 valence electrons. The normalized spacial score (nSPS) is 16.6. The molecular weight excluding hydrogens is 296 g/mol. The summed E-state index contributed by atoms with van der Waals surface area (Å²) < 4.78 is 5.17. The van der Waals surface area contributed by atoms with E-state index in [4.69, 9.17) is 4.74 Å². The Morgan fingerprint density at radius 3 is 2.61 bits per heavy atom. The summed E-state index contributed by atoms with van der Waals surface area (Å²) in [5, 5.41) is 14.3. The molecule has 0 bridgehead atoms. The Morgan fingerprint density at radius 2 is 1.87 bits per heavy atom. The van der Waals surface area contributed by atoms with Crippen molar-refractivity contribution in [2.75, 3.05) is 0 Å². The van der Waals surface area contributed by atoms with Crippen molar-refractivity contribution < 1.29 is 14.5 Å². The Balaban J connectivity index is 1.81. The highest BCUT2D eigenvalue weighted by Gasteiger charge is 2.39. The quantitative estimate of drug-likeness (QED) is 0.522. The predicted octanol–water partition coefficient (Wildman–Crippen LogP) is 2.81. The third-order valence-electron chi connectivity index (χ3n) is 3.57. The molecule has 1 atom stereocenters. The fourth-order valence-electron chi connectivity index (χ4n) is 2.46. The molecule has 0 saturated heterocycles. The number of nitro groups is 1. The van der Waals surface area contributed by atoms with Crippen molar-refractivity contribution in [1.29, 1.82) is 0 Å². The zero-order chi connectivity index (χ0) is 16.2. The van der Waals surface area contributed by atoms with Crippen LogP contribution >= 0.6 is 0 Å². The van der Waals surface area contributed by atoms with E-state index in [1.807, 2.05) is 30.3 Å². The fourth-order valence-corrected chi connectivity index (χ4v) is 2.46. The number of benzene rings is 2. The van der Waals surface area contributed by atoms with Crippen LogP contribution < -0.4 is 5.32 Å². The number of carbonyl (C=O) groups is 1. The fraction of sp³-hybridized carbons (Fsp3) is 0.118. The lowest BCUT2D eigenvalue weighted by Crippen LogP contribution is -2.15. The van der Waals surface area contributed by atoms with E-state index in [9.17, 15) is 14.9 Å². The standard InChI is InChI=1S/C17H14N2O4/c20-17-14-9-5-4-8-13(14)16(23-17)15(19(21)22)11-18-10-12-6-2-1-3-7-12/h1-9,11,16,18H,10H2/b15-11-. The molecule has 0 spiro atoms. The van der Waals surface area contributed by atoms with Gasteiger partial charge in [-0.25, -0.2) is 4.79 Å². The summed E-state index contributed by atoms with van der Waals surface area (Å²) in [4.78, 5) is 22.6. The molecule has 2 aromatic carbocycles. The number of hydrogen-bond donors (Lipinski definition) is 1. The van der Waals surface area contributed by atoms with E-state index in [1.54, 1.807) is 24.3 Å². The van der Waals surface area contributed by atoms with Crippen LogP contribution in [0.1, 0.15) is 27.6 Å². The second-order valence-electron chi connectivity index (χ2n) is 5.07. The highest BCUT2D eigenvalue weighted by molar-refractivity contribution is 5.94. The van der Waals surface area contributed by atoms with Crippen LogP contribution in [0, 0.1) is 10.1 Å². The zero-order valence-electron chi connectivity index (χ0n) is 12.1. The van der Waals surface area contributed by atoms with Crippen molar-refractivity contribution in [2.45, 2.75) is 12.6 Å². The Bertz CT molecular complexity index is 771. The first-order chi connectivity index (χ1) is 11.2. The van der Waals surface area contributed by atoms with Crippen LogP contribution in [0.15, 0.2) is 66.5 Å². The van der Waals surface area contributed by atoms with Crippen molar-refractivity contribution in [2.24, 2.45) is 0 Å². The van der Waals surface area contributed by atoms with Crippen LogP contribution in [-0.2, 0) is 11.3 Å². The Labute approximate surface area is 132 Å². The van der Waals surface area contributed by atoms with E-state index in [2.05, 4.69) is 5.32 Å². The average molecular weight is 310 g/mol. The molecule has 0 aliphatic carbocycles. The van der Waals surface area contributed by atoms with Gasteiger partial charge >= 0.3 is 11.7 Å². The molecule has 1 unspecified atom stereocenters. The van der Waals surface area contributed by atoms with Crippen molar-refractivity contribution in [3.8, 4) is 0 Å². The number of ether oxygens (including phenoxy) is 1. The monoisotopic (exact) mass is 310 g/mol. The third kappa shape index (κ3) is 3.06. The van der Waals surface area contributed by atoms with Gasteiger partial charge in [-0.2, -0.15) is 0 Å². The molecule has 0 amide bonds. The predicted molar refractivity (Wildman–Crippen MR) is 83.0 cm³/mol. The molecule has 6 nitrogen and oxygen atoms in total.